The highest BCUT2D eigenvalue weighted by atomic mass is 32.2. The van der Waals surface area contributed by atoms with E-state index in [1.165, 1.54) is 23.1 Å². The van der Waals surface area contributed by atoms with Gasteiger partial charge in [0.15, 0.2) is 4.34 Å². The van der Waals surface area contributed by atoms with Gasteiger partial charge in [0, 0.05) is 0 Å². The van der Waals surface area contributed by atoms with Crippen molar-refractivity contribution in [2.75, 3.05) is 6.26 Å². The maximum absolute atomic E-state index is 8.46. The van der Waals surface area contributed by atoms with Gasteiger partial charge in [0.05, 0.1) is 12.0 Å². The zero-order valence-electron chi connectivity index (χ0n) is 4.57. The van der Waals surface area contributed by atoms with Crippen LogP contribution in [0.4, 0.5) is 0 Å². The predicted molar refractivity (Wildman–Crippen MR) is 40.2 cm³/mol. The lowest BCUT2D eigenvalue weighted by Gasteiger charge is -1.77. The van der Waals surface area contributed by atoms with Crippen LogP contribution >= 0.6 is 35.1 Å². The van der Waals surface area contributed by atoms with Crippen molar-refractivity contribution < 1.29 is 4.55 Å². The average molecular weight is 180 g/mol. The molecular weight excluding hydrogens is 176 g/mol. The fourth-order valence-corrected chi connectivity index (χ4v) is 1.94. The third kappa shape index (κ3) is 1.82. The van der Waals surface area contributed by atoms with Crippen LogP contribution in [0.3, 0.4) is 0 Å². The SMILES string of the molecule is CSc1nnc(SO)s1. The minimum Gasteiger partial charge on any atom is -0.324 e. The van der Waals surface area contributed by atoms with Gasteiger partial charge in [-0.15, -0.1) is 10.2 Å². The van der Waals surface area contributed by atoms with Gasteiger partial charge in [-0.3, -0.25) is 0 Å². The van der Waals surface area contributed by atoms with Crippen LogP contribution in [0.2, 0.25) is 0 Å². The molecule has 0 saturated carbocycles. The molecule has 0 aromatic carbocycles. The van der Waals surface area contributed by atoms with E-state index in [9.17, 15) is 0 Å². The summed E-state index contributed by atoms with van der Waals surface area (Å²) in [6, 6.07) is 0. The predicted octanol–water partition coefficient (Wildman–Crippen LogP) is 1.83. The summed E-state index contributed by atoms with van der Waals surface area (Å²) in [6.07, 6.45) is 1.92. The molecule has 6 heteroatoms. The quantitative estimate of drug-likeness (QED) is 0.555. The zero-order chi connectivity index (χ0) is 6.69. The second-order valence-electron chi connectivity index (χ2n) is 1.13. The van der Waals surface area contributed by atoms with Gasteiger partial charge in [-0.1, -0.05) is 23.1 Å². The first-order chi connectivity index (χ1) is 4.36. The van der Waals surface area contributed by atoms with Crippen molar-refractivity contribution >= 4 is 35.1 Å². The molecule has 1 heterocycles. The standard InChI is InChI=1S/C3H4N2OS3/c1-7-2-4-5-3(8-2)9-6/h6H,1H3. The Morgan fingerprint density at radius 1 is 1.44 bits per heavy atom. The van der Waals surface area contributed by atoms with E-state index in [-0.39, 0.29) is 0 Å². The first-order valence-electron chi connectivity index (χ1n) is 2.05. The third-order valence-electron chi connectivity index (χ3n) is 0.641. The van der Waals surface area contributed by atoms with Crippen molar-refractivity contribution in [3.8, 4) is 0 Å². The third-order valence-corrected chi connectivity index (χ3v) is 3.05. The number of thioether (sulfide) groups is 1. The Kier molecular flexibility index (Phi) is 2.77. The molecule has 1 aromatic heterocycles. The molecule has 0 aliphatic carbocycles. The van der Waals surface area contributed by atoms with E-state index in [0.717, 1.165) is 4.34 Å². The Morgan fingerprint density at radius 3 is 2.44 bits per heavy atom. The van der Waals surface area contributed by atoms with E-state index in [1.807, 2.05) is 6.26 Å². The topological polar surface area (TPSA) is 46.0 Å². The van der Waals surface area contributed by atoms with Gasteiger partial charge in [0.1, 0.15) is 0 Å². The fourth-order valence-electron chi connectivity index (χ4n) is 0.317. The molecule has 0 radical (unpaired) electrons. The molecule has 1 N–H and O–H groups in total. The van der Waals surface area contributed by atoms with E-state index in [1.54, 1.807) is 0 Å². The second kappa shape index (κ2) is 3.40. The van der Waals surface area contributed by atoms with Gasteiger partial charge in [0.2, 0.25) is 4.34 Å². The van der Waals surface area contributed by atoms with E-state index in [2.05, 4.69) is 10.2 Å². The van der Waals surface area contributed by atoms with E-state index in [0.29, 0.717) is 16.4 Å². The highest BCUT2D eigenvalue weighted by molar-refractivity contribution is 8.01. The Morgan fingerprint density at radius 2 is 2.11 bits per heavy atom. The van der Waals surface area contributed by atoms with Crippen LogP contribution in [0.25, 0.3) is 0 Å². The Balaban J connectivity index is 2.74. The fraction of sp³-hybridized carbons (Fsp3) is 0.333. The molecular formula is C3H4N2OS3. The monoisotopic (exact) mass is 180 g/mol. The average Bonchev–Trinajstić information content (AvgIpc) is 2.34. The van der Waals surface area contributed by atoms with Crippen LogP contribution in [-0.4, -0.2) is 21.0 Å². The first-order valence-corrected chi connectivity index (χ1v) is 4.87. The van der Waals surface area contributed by atoms with Crippen molar-refractivity contribution in [3.63, 3.8) is 0 Å². The van der Waals surface area contributed by atoms with Crippen LogP contribution in [-0.2, 0) is 0 Å². The molecule has 0 bridgehead atoms. The van der Waals surface area contributed by atoms with Gasteiger partial charge >= 0.3 is 0 Å². The van der Waals surface area contributed by atoms with Gasteiger partial charge in [0.25, 0.3) is 0 Å². The van der Waals surface area contributed by atoms with Crippen LogP contribution in [0.5, 0.6) is 0 Å². The van der Waals surface area contributed by atoms with Gasteiger partial charge in [-0.05, 0) is 6.26 Å². The zero-order valence-corrected chi connectivity index (χ0v) is 7.02. The molecule has 0 aliphatic rings. The van der Waals surface area contributed by atoms with Crippen molar-refractivity contribution in [2.24, 2.45) is 0 Å². The summed E-state index contributed by atoms with van der Waals surface area (Å²) in [5, 5.41) is 7.42. The highest BCUT2D eigenvalue weighted by Gasteiger charge is 2.00. The number of rotatable bonds is 2. The summed E-state index contributed by atoms with van der Waals surface area (Å²) in [4.78, 5) is 0. The number of hydrogen-bond acceptors (Lipinski definition) is 6. The Hall–Kier alpha value is 0.220. The van der Waals surface area contributed by atoms with Crippen LogP contribution in [0, 0.1) is 0 Å². The number of hydrogen-bond donors (Lipinski definition) is 1. The van der Waals surface area contributed by atoms with E-state index in [4.69, 9.17) is 4.55 Å². The molecule has 0 unspecified atom stereocenters. The second-order valence-corrected chi connectivity index (χ2v) is 3.99. The summed E-state index contributed by atoms with van der Waals surface area (Å²) in [6.45, 7) is 0. The lowest BCUT2D eigenvalue weighted by atomic mass is 11.6. The molecule has 9 heavy (non-hydrogen) atoms. The van der Waals surface area contributed by atoms with Crippen LogP contribution < -0.4 is 0 Å². The normalized spacial score (nSPS) is 10.0. The maximum atomic E-state index is 8.46. The maximum Gasteiger partial charge on any atom is 0.201 e. The molecule has 0 aliphatic heterocycles. The lowest BCUT2D eigenvalue weighted by Crippen LogP contribution is -1.67. The molecule has 1 rings (SSSR count). The Labute approximate surface area is 65.1 Å². The van der Waals surface area contributed by atoms with E-state index >= 15 is 0 Å². The first kappa shape index (κ1) is 7.33. The minimum atomic E-state index is 0.597. The molecule has 50 valence electrons. The summed E-state index contributed by atoms with van der Waals surface area (Å²) >= 11 is 3.55. The molecule has 0 saturated heterocycles. The van der Waals surface area contributed by atoms with Gasteiger partial charge in [-0.2, -0.15) is 0 Å². The summed E-state index contributed by atoms with van der Waals surface area (Å²) < 4.78 is 9.94. The summed E-state index contributed by atoms with van der Waals surface area (Å²) in [5.74, 6) is 0. The summed E-state index contributed by atoms with van der Waals surface area (Å²) in [5.41, 5.74) is 0. The van der Waals surface area contributed by atoms with Gasteiger partial charge in [-0.25, -0.2) is 0 Å². The highest BCUT2D eigenvalue weighted by Crippen LogP contribution is 2.24. The van der Waals surface area contributed by atoms with Crippen LogP contribution in [0.15, 0.2) is 8.68 Å². The van der Waals surface area contributed by atoms with Gasteiger partial charge < -0.3 is 4.55 Å². The summed E-state index contributed by atoms with van der Waals surface area (Å²) in [7, 11) is 0. The lowest BCUT2D eigenvalue weighted by molar-refractivity contribution is 0.661. The molecule has 0 fully saturated rings. The minimum absolute atomic E-state index is 0.597. The number of aromatic nitrogens is 2. The van der Waals surface area contributed by atoms with Crippen molar-refractivity contribution in [1.29, 1.82) is 0 Å². The molecule has 0 atom stereocenters. The molecule has 3 nitrogen and oxygen atoms in total. The molecule has 1 aromatic rings. The van der Waals surface area contributed by atoms with Crippen molar-refractivity contribution in [3.05, 3.63) is 0 Å². The number of nitrogens with zero attached hydrogens (tertiary/aromatic N) is 2. The van der Waals surface area contributed by atoms with E-state index < -0.39 is 0 Å². The Bertz CT molecular complexity index is 170. The molecule has 0 amide bonds. The smallest absolute Gasteiger partial charge is 0.201 e. The van der Waals surface area contributed by atoms with Crippen molar-refractivity contribution in [1.82, 2.24) is 10.2 Å². The van der Waals surface area contributed by atoms with Crippen LogP contribution in [0.1, 0.15) is 0 Å². The van der Waals surface area contributed by atoms with Crippen molar-refractivity contribution in [2.45, 2.75) is 8.68 Å². The molecule has 0 spiro atoms. The largest absolute Gasteiger partial charge is 0.324 e.